The van der Waals surface area contributed by atoms with Crippen LogP contribution in [-0.4, -0.2) is 22.2 Å². The first-order valence-corrected chi connectivity index (χ1v) is 7.03. The van der Waals surface area contributed by atoms with Crippen LogP contribution in [-0.2, 0) is 0 Å². The van der Waals surface area contributed by atoms with Crippen molar-refractivity contribution in [3.05, 3.63) is 34.9 Å². The van der Waals surface area contributed by atoms with Gasteiger partial charge in [-0.25, -0.2) is 9.59 Å². The minimum atomic E-state index is -1.11. The number of carbonyl (C=O) groups is 2. The minimum absolute atomic E-state index is 0.0277. The second-order valence-electron chi connectivity index (χ2n) is 5.15. The highest BCUT2D eigenvalue weighted by molar-refractivity contribution is 5.96. The van der Waals surface area contributed by atoms with Crippen molar-refractivity contribution < 1.29 is 19.8 Å². The zero-order valence-corrected chi connectivity index (χ0v) is 12.1. The maximum absolute atomic E-state index is 10.6. The van der Waals surface area contributed by atoms with Crippen molar-refractivity contribution in [3.8, 4) is 0 Å². The summed E-state index contributed by atoms with van der Waals surface area (Å²) in [6.07, 6.45) is 7.43. The van der Waals surface area contributed by atoms with Crippen molar-refractivity contribution in [2.75, 3.05) is 0 Å². The Morgan fingerprint density at radius 2 is 1.55 bits per heavy atom. The van der Waals surface area contributed by atoms with Crippen LogP contribution in [0, 0.1) is 12.8 Å². The van der Waals surface area contributed by atoms with E-state index in [1.165, 1.54) is 57.2 Å². The predicted molar refractivity (Wildman–Crippen MR) is 77.3 cm³/mol. The van der Waals surface area contributed by atoms with E-state index < -0.39 is 11.9 Å². The number of hydrogen-bond donors (Lipinski definition) is 2. The third kappa shape index (κ3) is 4.37. The molecule has 0 bridgehead atoms. The normalized spacial score (nSPS) is 14.5. The van der Waals surface area contributed by atoms with Gasteiger partial charge in [0, 0.05) is 0 Å². The molecule has 2 rings (SSSR count). The summed E-state index contributed by atoms with van der Waals surface area (Å²) in [7, 11) is 0. The molecule has 4 nitrogen and oxygen atoms in total. The van der Waals surface area contributed by atoms with Gasteiger partial charge >= 0.3 is 11.9 Å². The van der Waals surface area contributed by atoms with Crippen molar-refractivity contribution in [1.82, 2.24) is 0 Å². The smallest absolute Gasteiger partial charge is 0.335 e. The Morgan fingerprint density at radius 1 is 1.10 bits per heavy atom. The van der Waals surface area contributed by atoms with E-state index in [1.54, 1.807) is 0 Å². The fraction of sp³-hybridized carbons (Fsp3) is 0.500. The zero-order valence-electron chi connectivity index (χ0n) is 12.1. The average Bonchev–Trinajstić information content (AvgIpc) is 2.92. The number of hydrogen-bond acceptors (Lipinski definition) is 2. The van der Waals surface area contributed by atoms with Crippen molar-refractivity contribution >= 4 is 11.9 Å². The molecule has 0 radical (unpaired) electrons. The van der Waals surface area contributed by atoms with E-state index in [2.05, 4.69) is 6.92 Å². The number of aromatic carboxylic acids is 2. The molecule has 0 amide bonds. The molecule has 0 aliphatic heterocycles. The molecule has 0 atom stereocenters. The molecule has 4 heteroatoms. The van der Waals surface area contributed by atoms with Crippen molar-refractivity contribution in [3.63, 3.8) is 0 Å². The fourth-order valence-corrected chi connectivity index (χ4v) is 2.52. The third-order valence-electron chi connectivity index (χ3n) is 3.85. The summed E-state index contributed by atoms with van der Waals surface area (Å²) in [6.45, 7) is 3.78. The lowest BCUT2D eigenvalue weighted by molar-refractivity contribution is 0.0696. The quantitative estimate of drug-likeness (QED) is 0.877. The Hall–Kier alpha value is -1.84. The van der Waals surface area contributed by atoms with Gasteiger partial charge in [0.2, 0.25) is 0 Å². The molecule has 1 aliphatic carbocycles. The number of benzene rings is 1. The minimum Gasteiger partial charge on any atom is -0.478 e. The summed E-state index contributed by atoms with van der Waals surface area (Å²) in [5, 5.41) is 17.4. The number of carboxylic acid groups (broad SMARTS) is 2. The van der Waals surface area contributed by atoms with Gasteiger partial charge in [0.1, 0.15) is 0 Å². The molecule has 0 spiro atoms. The van der Waals surface area contributed by atoms with Crippen LogP contribution in [0.1, 0.15) is 65.3 Å². The Bertz CT molecular complexity index is 441. The standard InChI is InChI=1S/C9H8O4.C7H14/c1-5-6(8(10)11)3-2-4-7(5)9(12)13;1-2-7-5-3-4-6-7/h2-4H,1H3,(H,10,11)(H,12,13);7H,2-6H2,1H3. The van der Waals surface area contributed by atoms with Gasteiger partial charge in [-0.15, -0.1) is 0 Å². The van der Waals surface area contributed by atoms with Gasteiger partial charge in [0.25, 0.3) is 0 Å². The third-order valence-corrected chi connectivity index (χ3v) is 3.85. The van der Waals surface area contributed by atoms with Crippen LogP contribution < -0.4 is 0 Å². The van der Waals surface area contributed by atoms with Gasteiger partial charge in [-0.1, -0.05) is 45.1 Å². The Kier molecular flexibility index (Phi) is 6.22. The van der Waals surface area contributed by atoms with Gasteiger partial charge in [-0.2, -0.15) is 0 Å². The Labute approximate surface area is 119 Å². The van der Waals surface area contributed by atoms with E-state index in [0.717, 1.165) is 5.92 Å². The molecule has 1 aliphatic rings. The van der Waals surface area contributed by atoms with Crippen molar-refractivity contribution in [2.45, 2.75) is 46.0 Å². The highest BCUT2D eigenvalue weighted by atomic mass is 16.4. The topological polar surface area (TPSA) is 74.6 Å². The Morgan fingerprint density at radius 3 is 1.85 bits per heavy atom. The number of rotatable bonds is 3. The van der Waals surface area contributed by atoms with Gasteiger partial charge < -0.3 is 10.2 Å². The lowest BCUT2D eigenvalue weighted by Gasteiger charge is -2.03. The molecule has 1 aromatic carbocycles. The molecular weight excluding hydrogens is 256 g/mol. The highest BCUT2D eigenvalue weighted by Gasteiger charge is 2.13. The van der Waals surface area contributed by atoms with Crippen LogP contribution in [0.25, 0.3) is 0 Å². The second-order valence-corrected chi connectivity index (χ2v) is 5.15. The molecule has 110 valence electrons. The average molecular weight is 278 g/mol. The van der Waals surface area contributed by atoms with E-state index in [9.17, 15) is 9.59 Å². The predicted octanol–water partition coefficient (Wildman–Crippen LogP) is 3.98. The molecule has 0 saturated heterocycles. The molecular formula is C16H22O4. The molecule has 0 heterocycles. The van der Waals surface area contributed by atoms with E-state index in [-0.39, 0.29) is 16.7 Å². The molecule has 0 unspecified atom stereocenters. The Balaban J connectivity index is 0.000000240. The van der Waals surface area contributed by atoms with E-state index in [1.807, 2.05) is 0 Å². The van der Waals surface area contributed by atoms with E-state index in [0.29, 0.717) is 0 Å². The summed E-state index contributed by atoms with van der Waals surface area (Å²) in [6, 6.07) is 4.17. The van der Waals surface area contributed by atoms with Gasteiger partial charge in [0.15, 0.2) is 0 Å². The molecule has 1 saturated carbocycles. The van der Waals surface area contributed by atoms with Gasteiger partial charge in [-0.05, 0) is 30.5 Å². The van der Waals surface area contributed by atoms with Crippen LogP contribution in [0.3, 0.4) is 0 Å². The molecule has 20 heavy (non-hydrogen) atoms. The molecule has 1 aromatic rings. The number of carboxylic acids is 2. The largest absolute Gasteiger partial charge is 0.478 e. The van der Waals surface area contributed by atoms with Crippen LogP contribution in [0.2, 0.25) is 0 Å². The lowest BCUT2D eigenvalue weighted by Crippen LogP contribution is -2.06. The molecule has 0 aromatic heterocycles. The lowest BCUT2D eigenvalue weighted by atomic mass is 10.0. The zero-order chi connectivity index (χ0) is 15.1. The first kappa shape index (κ1) is 16.2. The van der Waals surface area contributed by atoms with Crippen LogP contribution in [0.4, 0.5) is 0 Å². The van der Waals surface area contributed by atoms with Gasteiger partial charge in [0.05, 0.1) is 11.1 Å². The summed E-state index contributed by atoms with van der Waals surface area (Å²) in [4.78, 5) is 21.2. The highest BCUT2D eigenvalue weighted by Crippen LogP contribution is 2.26. The second kappa shape index (κ2) is 7.68. The van der Waals surface area contributed by atoms with Crippen LogP contribution >= 0.6 is 0 Å². The first-order chi connectivity index (χ1) is 9.47. The fourth-order valence-electron chi connectivity index (χ4n) is 2.52. The van der Waals surface area contributed by atoms with Crippen molar-refractivity contribution in [2.24, 2.45) is 5.92 Å². The van der Waals surface area contributed by atoms with Crippen molar-refractivity contribution in [1.29, 1.82) is 0 Å². The van der Waals surface area contributed by atoms with E-state index >= 15 is 0 Å². The van der Waals surface area contributed by atoms with Crippen LogP contribution in [0.15, 0.2) is 18.2 Å². The SMILES string of the molecule is CCC1CCCC1.Cc1c(C(=O)O)cccc1C(=O)O. The summed E-state index contributed by atoms with van der Waals surface area (Å²) >= 11 is 0. The maximum atomic E-state index is 10.6. The van der Waals surface area contributed by atoms with Crippen LogP contribution in [0.5, 0.6) is 0 Å². The summed E-state index contributed by atoms with van der Waals surface area (Å²) in [5.41, 5.74) is 0.335. The summed E-state index contributed by atoms with van der Waals surface area (Å²) in [5.74, 6) is -1.12. The van der Waals surface area contributed by atoms with E-state index in [4.69, 9.17) is 10.2 Å². The molecule has 1 fully saturated rings. The summed E-state index contributed by atoms with van der Waals surface area (Å²) < 4.78 is 0. The maximum Gasteiger partial charge on any atom is 0.335 e. The molecule has 2 N–H and O–H groups in total. The van der Waals surface area contributed by atoms with Gasteiger partial charge in [-0.3, -0.25) is 0 Å². The monoisotopic (exact) mass is 278 g/mol. The first-order valence-electron chi connectivity index (χ1n) is 7.03.